The van der Waals surface area contributed by atoms with E-state index in [9.17, 15) is 0 Å². The molecule has 0 aliphatic heterocycles. The fraction of sp³-hybridized carbons (Fsp3) is 0.444. The highest BCUT2D eigenvalue weighted by atomic mass is 16.5. The van der Waals surface area contributed by atoms with Crippen LogP contribution in [0.2, 0.25) is 0 Å². The molecule has 3 atom stereocenters. The zero-order valence-electron chi connectivity index (χ0n) is 13.0. The molecule has 1 saturated carbocycles. The third-order valence-electron chi connectivity index (χ3n) is 4.22. The summed E-state index contributed by atoms with van der Waals surface area (Å²) in [7, 11) is 0. The van der Waals surface area contributed by atoms with Crippen LogP contribution in [0, 0.1) is 0 Å². The van der Waals surface area contributed by atoms with Crippen molar-refractivity contribution in [3.8, 4) is 5.75 Å². The van der Waals surface area contributed by atoms with Crippen molar-refractivity contribution in [1.82, 2.24) is 15.3 Å². The predicted molar refractivity (Wildman–Crippen MR) is 86.7 cm³/mol. The van der Waals surface area contributed by atoms with Gasteiger partial charge in [0, 0.05) is 30.7 Å². The van der Waals surface area contributed by atoms with Crippen LogP contribution in [0.15, 0.2) is 48.9 Å². The maximum absolute atomic E-state index is 6.21. The van der Waals surface area contributed by atoms with Gasteiger partial charge in [-0.3, -0.25) is 9.97 Å². The average molecular weight is 297 g/mol. The second-order valence-corrected chi connectivity index (χ2v) is 5.88. The van der Waals surface area contributed by atoms with Gasteiger partial charge in [0.1, 0.15) is 11.9 Å². The summed E-state index contributed by atoms with van der Waals surface area (Å²) in [6.07, 6.45) is 10.2. The number of nitrogens with zero attached hydrogens (tertiary/aromatic N) is 2. The lowest BCUT2D eigenvalue weighted by molar-refractivity contribution is 0.108. The molecule has 4 heteroatoms. The van der Waals surface area contributed by atoms with E-state index in [2.05, 4.69) is 22.2 Å². The molecular weight excluding hydrogens is 274 g/mol. The van der Waals surface area contributed by atoms with E-state index in [-0.39, 0.29) is 12.1 Å². The molecule has 1 aromatic heterocycles. The van der Waals surface area contributed by atoms with E-state index in [0.29, 0.717) is 6.04 Å². The Morgan fingerprint density at radius 3 is 2.73 bits per heavy atom. The highest BCUT2D eigenvalue weighted by Crippen LogP contribution is 2.25. The smallest absolute Gasteiger partial charge is 0.119 e. The van der Waals surface area contributed by atoms with Crippen LogP contribution in [-0.2, 0) is 0 Å². The van der Waals surface area contributed by atoms with E-state index in [1.165, 1.54) is 12.8 Å². The number of ether oxygens (including phenoxy) is 1. The van der Waals surface area contributed by atoms with Crippen molar-refractivity contribution in [3.05, 3.63) is 54.6 Å². The molecule has 0 radical (unpaired) electrons. The number of rotatable bonds is 5. The Morgan fingerprint density at radius 2 is 1.95 bits per heavy atom. The van der Waals surface area contributed by atoms with Gasteiger partial charge in [-0.25, -0.2) is 0 Å². The summed E-state index contributed by atoms with van der Waals surface area (Å²) < 4.78 is 6.21. The molecule has 0 amide bonds. The summed E-state index contributed by atoms with van der Waals surface area (Å²) in [6.45, 7) is 2.14. The number of nitrogens with one attached hydrogen (secondary N) is 1. The maximum atomic E-state index is 6.21. The molecule has 1 N–H and O–H groups in total. The first-order chi connectivity index (χ1) is 10.8. The lowest BCUT2D eigenvalue weighted by atomic mass is 9.91. The van der Waals surface area contributed by atoms with E-state index in [0.717, 1.165) is 24.3 Å². The van der Waals surface area contributed by atoms with Gasteiger partial charge in [-0.1, -0.05) is 24.6 Å². The van der Waals surface area contributed by atoms with Gasteiger partial charge in [0.25, 0.3) is 0 Å². The number of hydrogen-bond acceptors (Lipinski definition) is 4. The van der Waals surface area contributed by atoms with Crippen LogP contribution in [0.25, 0.3) is 0 Å². The summed E-state index contributed by atoms with van der Waals surface area (Å²) in [5.41, 5.74) is 0.978. The van der Waals surface area contributed by atoms with Crippen molar-refractivity contribution in [2.45, 2.75) is 50.8 Å². The monoisotopic (exact) mass is 297 g/mol. The molecule has 0 bridgehead atoms. The molecule has 0 saturated heterocycles. The van der Waals surface area contributed by atoms with Crippen molar-refractivity contribution in [3.63, 3.8) is 0 Å². The molecule has 1 aromatic carbocycles. The average Bonchev–Trinajstić information content (AvgIpc) is 2.58. The van der Waals surface area contributed by atoms with Gasteiger partial charge in [0.2, 0.25) is 0 Å². The van der Waals surface area contributed by atoms with Gasteiger partial charge >= 0.3 is 0 Å². The van der Waals surface area contributed by atoms with Crippen molar-refractivity contribution >= 4 is 0 Å². The van der Waals surface area contributed by atoms with Gasteiger partial charge in [-0.05, 0) is 38.3 Å². The lowest BCUT2D eigenvalue weighted by Crippen LogP contribution is -2.46. The second-order valence-electron chi connectivity index (χ2n) is 5.88. The van der Waals surface area contributed by atoms with Crippen LogP contribution in [-0.4, -0.2) is 22.1 Å². The first kappa shape index (κ1) is 15.0. The Balaban J connectivity index is 1.65. The maximum Gasteiger partial charge on any atom is 0.119 e. The Labute approximate surface area is 132 Å². The molecule has 0 unspecified atom stereocenters. The lowest BCUT2D eigenvalue weighted by Gasteiger charge is -2.34. The standard InChI is InChI=1S/C18H23N3O/c1-14(17-13-19-11-12-20-17)21-16-9-5-6-10-18(16)22-15-7-3-2-4-8-15/h2-4,7-8,11-14,16,18,21H,5-6,9-10H2,1H3/t14-,16-,18-/m0/s1. The number of para-hydroxylation sites is 1. The third-order valence-corrected chi connectivity index (χ3v) is 4.22. The fourth-order valence-electron chi connectivity index (χ4n) is 3.04. The Morgan fingerprint density at radius 1 is 1.14 bits per heavy atom. The molecule has 0 spiro atoms. The van der Waals surface area contributed by atoms with Crippen LogP contribution in [0.3, 0.4) is 0 Å². The molecule has 1 aliphatic carbocycles. The zero-order valence-corrected chi connectivity index (χ0v) is 13.0. The third kappa shape index (κ3) is 3.83. The fourth-order valence-corrected chi connectivity index (χ4v) is 3.04. The van der Waals surface area contributed by atoms with Crippen LogP contribution in [0.1, 0.15) is 44.3 Å². The summed E-state index contributed by atoms with van der Waals surface area (Å²) in [5, 5.41) is 3.68. The largest absolute Gasteiger partial charge is 0.489 e. The summed E-state index contributed by atoms with van der Waals surface area (Å²) >= 11 is 0. The second kappa shape index (κ2) is 7.36. The van der Waals surface area contributed by atoms with E-state index in [1.54, 1.807) is 12.4 Å². The molecule has 3 rings (SSSR count). The van der Waals surface area contributed by atoms with Gasteiger partial charge in [0.15, 0.2) is 0 Å². The summed E-state index contributed by atoms with van der Waals surface area (Å²) in [5.74, 6) is 0.952. The minimum Gasteiger partial charge on any atom is -0.489 e. The van der Waals surface area contributed by atoms with E-state index in [1.807, 2.05) is 36.5 Å². The summed E-state index contributed by atoms with van der Waals surface area (Å²) in [6, 6.07) is 10.6. The van der Waals surface area contributed by atoms with Gasteiger partial charge in [-0.2, -0.15) is 0 Å². The minimum absolute atomic E-state index is 0.179. The van der Waals surface area contributed by atoms with Crippen molar-refractivity contribution in [2.75, 3.05) is 0 Å². The topological polar surface area (TPSA) is 47.0 Å². The molecule has 1 fully saturated rings. The highest BCUT2D eigenvalue weighted by molar-refractivity contribution is 5.21. The normalized spacial score (nSPS) is 23.0. The van der Waals surface area contributed by atoms with Crippen LogP contribution < -0.4 is 10.1 Å². The zero-order chi connectivity index (χ0) is 15.2. The van der Waals surface area contributed by atoms with Crippen LogP contribution in [0.4, 0.5) is 0 Å². The van der Waals surface area contributed by atoms with Gasteiger partial charge < -0.3 is 10.1 Å². The van der Waals surface area contributed by atoms with Gasteiger partial charge in [-0.15, -0.1) is 0 Å². The summed E-state index contributed by atoms with van der Waals surface area (Å²) in [4.78, 5) is 8.54. The van der Waals surface area contributed by atoms with Gasteiger partial charge in [0.05, 0.1) is 5.69 Å². The van der Waals surface area contributed by atoms with Crippen molar-refractivity contribution in [1.29, 1.82) is 0 Å². The van der Waals surface area contributed by atoms with Crippen molar-refractivity contribution in [2.24, 2.45) is 0 Å². The Kier molecular flexibility index (Phi) is 5.01. The van der Waals surface area contributed by atoms with Crippen molar-refractivity contribution < 1.29 is 4.74 Å². The van der Waals surface area contributed by atoms with Crippen LogP contribution in [0.5, 0.6) is 5.75 Å². The van der Waals surface area contributed by atoms with E-state index in [4.69, 9.17) is 4.74 Å². The Bertz CT molecular complexity index is 561. The minimum atomic E-state index is 0.179. The molecule has 2 aromatic rings. The SMILES string of the molecule is C[C@H](N[C@H]1CCCC[C@@H]1Oc1ccccc1)c1cnccn1. The molecule has 1 heterocycles. The quantitative estimate of drug-likeness (QED) is 0.917. The number of aromatic nitrogens is 2. The molecular formula is C18H23N3O. The molecule has 116 valence electrons. The van der Waals surface area contributed by atoms with E-state index >= 15 is 0 Å². The number of benzene rings is 1. The molecule has 1 aliphatic rings. The van der Waals surface area contributed by atoms with Crippen LogP contribution >= 0.6 is 0 Å². The first-order valence-corrected chi connectivity index (χ1v) is 8.06. The molecule has 22 heavy (non-hydrogen) atoms. The number of hydrogen-bond donors (Lipinski definition) is 1. The molecule has 4 nitrogen and oxygen atoms in total. The first-order valence-electron chi connectivity index (χ1n) is 8.06. The Hall–Kier alpha value is -1.94. The van der Waals surface area contributed by atoms with E-state index < -0.39 is 0 Å². The predicted octanol–water partition coefficient (Wildman–Crippen LogP) is 3.52. The highest BCUT2D eigenvalue weighted by Gasteiger charge is 2.28.